The maximum atomic E-state index is 13.7. The van der Waals surface area contributed by atoms with Gasteiger partial charge in [-0.2, -0.15) is 0 Å². The number of benzene rings is 3. The van der Waals surface area contributed by atoms with Crippen LogP contribution in [0.25, 0.3) is 0 Å². The van der Waals surface area contributed by atoms with Crippen LogP contribution in [-0.4, -0.2) is 50.1 Å². The third kappa shape index (κ3) is 9.01. The van der Waals surface area contributed by atoms with E-state index < -0.39 is 22.0 Å². The summed E-state index contributed by atoms with van der Waals surface area (Å²) < 4.78 is 28.8. The predicted octanol–water partition coefficient (Wildman–Crippen LogP) is 6.13. The van der Waals surface area contributed by atoms with Gasteiger partial charge >= 0.3 is 6.09 Å². The molecule has 0 fully saturated rings. The summed E-state index contributed by atoms with van der Waals surface area (Å²) in [6, 6.07) is 22.0. The lowest BCUT2D eigenvalue weighted by molar-refractivity contribution is -0.117. The predicted molar refractivity (Wildman–Crippen MR) is 155 cm³/mol. The number of nitrogens with zero attached hydrogens (tertiary/aromatic N) is 2. The molecular weight excluding hydrogens is 538 g/mol. The van der Waals surface area contributed by atoms with E-state index in [9.17, 15) is 23.1 Å². The first-order chi connectivity index (χ1) is 18.6. The first kappa shape index (κ1) is 30.0. The van der Waals surface area contributed by atoms with Crippen molar-refractivity contribution in [3.63, 3.8) is 0 Å². The van der Waals surface area contributed by atoms with E-state index in [2.05, 4.69) is 19.2 Å². The van der Waals surface area contributed by atoms with Crippen molar-refractivity contribution in [1.82, 2.24) is 4.90 Å². The first-order valence-electron chi connectivity index (χ1n) is 12.8. The van der Waals surface area contributed by atoms with Crippen molar-refractivity contribution < 1.29 is 23.1 Å². The van der Waals surface area contributed by atoms with Crippen molar-refractivity contribution in [2.45, 2.75) is 38.0 Å². The summed E-state index contributed by atoms with van der Waals surface area (Å²) in [5.41, 5.74) is 1.67. The van der Waals surface area contributed by atoms with E-state index in [4.69, 9.17) is 11.6 Å². The molecular formula is C29H34ClN3O5S. The van der Waals surface area contributed by atoms with Gasteiger partial charge in [-0.25, -0.2) is 13.2 Å². The number of carbonyl (C=O) groups is 2. The number of halogens is 1. The fraction of sp³-hybridized carbons (Fsp3) is 0.310. The van der Waals surface area contributed by atoms with Crippen molar-refractivity contribution in [3.05, 3.63) is 89.4 Å². The smallest absolute Gasteiger partial charge is 0.407 e. The van der Waals surface area contributed by atoms with Crippen molar-refractivity contribution >= 4 is 45.0 Å². The van der Waals surface area contributed by atoms with Crippen LogP contribution in [0.1, 0.15) is 32.3 Å². The van der Waals surface area contributed by atoms with E-state index in [1.54, 1.807) is 30.3 Å². The SMILES string of the molecule is CC(C)CCCN(c1cccc(Cl)c1)S(=O)(=O)c1cccc(NC(=O)CN(CCc2ccccc2)C(=O)O)c1. The average molecular weight is 572 g/mol. The quantitative estimate of drug-likeness (QED) is 0.256. The van der Waals surface area contributed by atoms with E-state index in [-0.39, 0.29) is 30.2 Å². The first-order valence-corrected chi connectivity index (χ1v) is 14.6. The lowest BCUT2D eigenvalue weighted by atomic mass is 10.1. The molecule has 208 valence electrons. The van der Waals surface area contributed by atoms with E-state index >= 15 is 0 Å². The molecule has 0 aliphatic carbocycles. The Kier molecular flexibility index (Phi) is 10.8. The number of hydrogen-bond donors (Lipinski definition) is 2. The summed E-state index contributed by atoms with van der Waals surface area (Å²) in [5, 5.41) is 12.6. The molecule has 0 aliphatic rings. The van der Waals surface area contributed by atoms with Gasteiger partial charge in [0.05, 0.1) is 10.6 Å². The van der Waals surface area contributed by atoms with Crippen LogP contribution in [0.3, 0.4) is 0 Å². The summed E-state index contributed by atoms with van der Waals surface area (Å²) in [4.78, 5) is 25.4. The molecule has 0 aliphatic heterocycles. The maximum absolute atomic E-state index is 13.7. The second kappa shape index (κ2) is 14.0. The van der Waals surface area contributed by atoms with Crippen molar-refractivity contribution in [1.29, 1.82) is 0 Å². The van der Waals surface area contributed by atoms with Crippen LogP contribution < -0.4 is 9.62 Å². The summed E-state index contributed by atoms with van der Waals surface area (Å²) in [7, 11) is -3.98. The van der Waals surface area contributed by atoms with Gasteiger partial charge in [0.25, 0.3) is 10.0 Å². The normalized spacial score (nSPS) is 11.3. The van der Waals surface area contributed by atoms with Crippen molar-refractivity contribution in [2.24, 2.45) is 5.92 Å². The minimum absolute atomic E-state index is 0.00370. The van der Waals surface area contributed by atoms with Gasteiger partial charge in [0.2, 0.25) is 5.91 Å². The van der Waals surface area contributed by atoms with Gasteiger partial charge in [-0.1, -0.05) is 67.9 Å². The van der Waals surface area contributed by atoms with E-state index in [1.807, 2.05) is 30.3 Å². The number of anilines is 2. The van der Waals surface area contributed by atoms with Crippen LogP contribution >= 0.6 is 11.6 Å². The molecule has 10 heteroatoms. The summed E-state index contributed by atoms with van der Waals surface area (Å²) in [6.45, 7) is 4.19. The molecule has 2 amide bonds. The van der Waals surface area contributed by atoms with E-state index in [0.29, 0.717) is 29.5 Å². The average Bonchev–Trinajstić information content (AvgIpc) is 2.89. The van der Waals surface area contributed by atoms with E-state index in [0.717, 1.165) is 16.9 Å². The highest BCUT2D eigenvalue weighted by Crippen LogP contribution is 2.28. The lowest BCUT2D eigenvalue weighted by Crippen LogP contribution is -2.38. The highest BCUT2D eigenvalue weighted by Gasteiger charge is 2.26. The fourth-order valence-electron chi connectivity index (χ4n) is 4.05. The van der Waals surface area contributed by atoms with Gasteiger partial charge < -0.3 is 10.4 Å². The summed E-state index contributed by atoms with van der Waals surface area (Å²) >= 11 is 6.16. The molecule has 0 saturated heterocycles. The Labute approximate surface area is 235 Å². The zero-order valence-electron chi connectivity index (χ0n) is 22.1. The second-order valence-electron chi connectivity index (χ2n) is 9.61. The van der Waals surface area contributed by atoms with Gasteiger partial charge in [0.1, 0.15) is 6.54 Å². The Morgan fingerprint density at radius 1 is 0.949 bits per heavy atom. The zero-order valence-corrected chi connectivity index (χ0v) is 23.7. The molecule has 0 unspecified atom stereocenters. The largest absolute Gasteiger partial charge is 0.465 e. The lowest BCUT2D eigenvalue weighted by Gasteiger charge is -2.25. The Hall–Kier alpha value is -3.56. The topological polar surface area (TPSA) is 107 Å². The monoisotopic (exact) mass is 571 g/mol. The third-order valence-corrected chi connectivity index (χ3v) is 8.12. The third-order valence-electron chi connectivity index (χ3n) is 6.06. The molecule has 0 atom stereocenters. The molecule has 3 aromatic rings. The maximum Gasteiger partial charge on any atom is 0.407 e. The Balaban J connectivity index is 1.75. The van der Waals surface area contributed by atoms with Gasteiger partial charge in [-0.15, -0.1) is 0 Å². The Bertz CT molecular complexity index is 1370. The Morgan fingerprint density at radius 3 is 2.33 bits per heavy atom. The van der Waals surface area contributed by atoms with Gasteiger partial charge in [-0.3, -0.25) is 14.0 Å². The number of amides is 2. The second-order valence-corrected chi connectivity index (χ2v) is 11.9. The van der Waals surface area contributed by atoms with E-state index in [1.165, 1.54) is 22.5 Å². The zero-order chi connectivity index (χ0) is 28.4. The highest BCUT2D eigenvalue weighted by molar-refractivity contribution is 7.92. The fourth-order valence-corrected chi connectivity index (χ4v) is 5.77. The molecule has 0 aromatic heterocycles. The summed E-state index contributed by atoms with van der Waals surface area (Å²) in [5.74, 6) is -0.144. The number of carbonyl (C=O) groups excluding carboxylic acids is 1. The molecule has 0 radical (unpaired) electrons. The van der Waals surface area contributed by atoms with Gasteiger partial charge in [0.15, 0.2) is 0 Å². The molecule has 3 rings (SSSR count). The minimum atomic E-state index is -3.98. The van der Waals surface area contributed by atoms with Crippen LogP contribution in [0, 0.1) is 5.92 Å². The number of nitrogens with one attached hydrogen (secondary N) is 1. The van der Waals surface area contributed by atoms with Crippen LogP contribution in [0.15, 0.2) is 83.8 Å². The minimum Gasteiger partial charge on any atom is -0.465 e. The van der Waals surface area contributed by atoms with Crippen molar-refractivity contribution in [2.75, 3.05) is 29.3 Å². The van der Waals surface area contributed by atoms with Crippen LogP contribution in [0.4, 0.5) is 16.2 Å². The summed E-state index contributed by atoms with van der Waals surface area (Å²) in [6.07, 6.45) is 0.765. The molecule has 3 aromatic carbocycles. The number of rotatable bonds is 13. The molecule has 0 bridgehead atoms. The van der Waals surface area contributed by atoms with Gasteiger partial charge in [0, 0.05) is 23.8 Å². The molecule has 0 spiro atoms. The molecule has 2 N–H and O–H groups in total. The highest BCUT2D eigenvalue weighted by atomic mass is 35.5. The molecule has 0 saturated carbocycles. The number of carboxylic acid groups (broad SMARTS) is 1. The van der Waals surface area contributed by atoms with Crippen LogP contribution in [-0.2, 0) is 21.2 Å². The number of hydrogen-bond acceptors (Lipinski definition) is 4. The van der Waals surface area contributed by atoms with Crippen LogP contribution in [0.2, 0.25) is 5.02 Å². The number of sulfonamides is 1. The molecule has 8 nitrogen and oxygen atoms in total. The molecule has 0 heterocycles. The van der Waals surface area contributed by atoms with Crippen LogP contribution in [0.5, 0.6) is 0 Å². The van der Waals surface area contributed by atoms with Gasteiger partial charge in [-0.05, 0) is 67.1 Å². The standard InChI is InChI=1S/C29H34ClN3O5S/c1-22(2)9-8-17-33(26-14-6-12-24(30)19-26)39(37,38)27-15-7-13-25(20-27)31-28(34)21-32(29(35)36)18-16-23-10-4-3-5-11-23/h3-7,10-15,19-20,22H,8-9,16-18,21H2,1-2H3,(H,31,34)(H,35,36). The molecule has 39 heavy (non-hydrogen) atoms. The Morgan fingerprint density at radius 2 is 1.67 bits per heavy atom. The van der Waals surface area contributed by atoms with Crippen molar-refractivity contribution in [3.8, 4) is 0 Å².